The molecule has 0 aliphatic carbocycles. The maximum Gasteiger partial charge on any atom is 0.148 e. The molecule has 2 nitrogen and oxygen atoms in total. The van der Waals surface area contributed by atoms with Crippen LogP contribution in [0.1, 0.15) is 18.1 Å². The first-order chi connectivity index (χ1) is 10.1. The highest BCUT2D eigenvalue weighted by Gasteiger charge is 2.07. The fraction of sp³-hybridized carbons (Fsp3) is 0.294. The zero-order valence-electron chi connectivity index (χ0n) is 12.2. The molecule has 112 valence electrons. The molecule has 2 rings (SSSR count). The summed E-state index contributed by atoms with van der Waals surface area (Å²) in [6.07, 6.45) is 0.958. The van der Waals surface area contributed by atoms with Gasteiger partial charge in [-0.05, 0) is 44.2 Å². The van der Waals surface area contributed by atoms with Crippen LogP contribution in [0.4, 0.5) is 4.39 Å². The van der Waals surface area contributed by atoms with E-state index in [4.69, 9.17) is 16.3 Å². The average Bonchev–Trinajstić information content (AvgIpc) is 2.50. The number of rotatable bonds is 6. The average molecular weight is 308 g/mol. The third-order valence-corrected chi connectivity index (χ3v) is 3.68. The SMILES string of the molecule is CNC(C)Cc1ccc(OCc2cccc(Cl)c2F)cc1. The highest BCUT2D eigenvalue weighted by atomic mass is 35.5. The van der Waals surface area contributed by atoms with Gasteiger partial charge in [0, 0.05) is 11.6 Å². The first kappa shape index (κ1) is 15.8. The van der Waals surface area contributed by atoms with Gasteiger partial charge in [-0.2, -0.15) is 0 Å². The van der Waals surface area contributed by atoms with E-state index in [1.165, 1.54) is 11.6 Å². The summed E-state index contributed by atoms with van der Waals surface area (Å²) < 4.78 is 19.3. The number of hydrogen-bond donors (Lipinski definition) is 1. The highest BCUT2D eigenvalue weighted by Crippen LogP contribution is 2.20. The van der Waals surface area contributed by atoms with Gasteiger partial charge in [0.05, 0.1) is 5.02 Å². The standard InChI is InChI=1S/C17H19ClFNO/c1-12(20-2)10-13-6-8-15(9-7-13)21-11-14-4-3-5-16(18)17(14)19/h3-9,12,20H,10-11H2,1-2H3. The van der Waals surface area contributed by atoms with E-state index in [9.17, 15) is 4.39 Å². The second-order valence-corrected chi connectivity index (χ2v) is 5.45. The van der Waals surface area contributed by atoms with Gasteiger partial charge in [0.25, 0.3) is 0 Å². The van der Waals surface area contributed by atoms with Gasteiger partial charge in [-0.1, -0.05) is 35.9 Å². The van der Waals surface area contributed by atoms with E-state index in [0.29, 0.717) is 11.6 Å². The third kappa shape index (κ3) is 4.45. The lowest BCUT2D eigenvalue weighted by Gasteiger charge is -2.11. The Morgan fingerprint density at radius 1 is 1.19 bits per heavy atom. The molecule has 0 spiro atoms. The Morgan fingerprint density at radius 3 is 2.57 bits per heavy atom. The Labute approximate surface area is 129 Å². The van der Waals surface area contributed by atoms with Crippen LogP contribution in [-0.2, 0) is 13.0 Å². The van der Waals surface area contributed by atoms with Crippen molar-refractivity contribution in [3.63, 3.8) is 0 Å². The van der Waals surface area contributed by atoms with Crippen LogP contribution in [0.15, 0.2) is 42.5 Å². The van der Waals surface area contributed by atoms with Crippen molar-refractivity contribution < 1.29 is 9.13 Å². The summed E-state index contributed by atoms with van der Waals surface area (Å²) in [4.78, 5) is 0. The van der Waals surface area contributed by atoms with Gasteiger partial charge in [-0.25, -0.2) is 4.39 Å². The highest BCUT2D eigenvalue weighted by molar-refractivity contribution is 6.30. The summed E-state index contributed by atoms with van der Waals surface area (Å²) >= 11 is 5.74. The molecule has 0 amide bonds. The second-order valence-electron chi connectivity index (χ2n) is 5.04. The summed E-state index contributed by atoms with van der Waals surface area (Å²) in [5.41, 5.74) is 1.69. The topological polar surface area (TPSA) is 21.3 Å². The van der Waals surface area contributed by atoms with Gasteiger partial charge in [0.2, 0.25) is 0 Å². The predicted octanol–water partition coefficient (Wildman–Crippen LogP) is 4.21. The molecule has 0 bridgehead atoms. The van der Waals surface area contributed by atoms with E-state index < -0.39 is 5.82 Å². The van der Waals surface area contributed by atoms with E-state index in [1.54, 1.807) is 12.1 Å². The monoisotopic (exact) mass is 307 g/mol. The van der Waals surface area contributed by atoms with Crippen molar-refractivity contribution in [3.05, 3.63) is 64.4 Å². The molecule has 0 saturated heterocycles. The lowest BCUT2D eigenvalue weighted by molar-refractivity contribution is 0.300. The number of ether oxygens (including phenoxy) is 1. The molecule has 1 N–H and O–H groups in total. The van der Waals surface area contributed by atoms with Crippen LogP contribution in [-0.4, -0.2) is 13.1 Å². The number of hydrogen-bond acceptors (Lipinski definition) is 2. The Bertz CT molecular complexity index is 586. The van der Waals surface area contributed by atoms with Gasteiger partial charge >= 0.3 is 0 Å². The molecule has 1 unspecified atom stereocenters. The van der Waals surface area contributed by atoms with Crippen molar-refractivity contribution in [2.75, 3.05) is 7.05 Å². The molecule has 1 atom stereocenters. The fourth-order valence-electron chi connectivity index (χ4n) is 2.00. The summed E-state index contributed by atoms with van der Waals surface area (Å²) in [6.45, 7) is 2.30. The molecule has 0 aliphatic rings. The van der Waals surface area contributed by atoms with Gasteiger partial charge in [0.15, 0.2) is 0 Å². The van der Waals surface area contributed by atoms with Crippen molar-refractivity contribution in [2.45, 2.75) is 26.0 Å². The summed E-state index contributed by atoms with van der Waals surface area (Å²) in [6, 6.07) is 13.2. The minimum Gasteiger partial charge on any atom is -0.489 e. The second kappa shape index (κ2) is 7.43. The van der Waals surface area contributed by atoms with Gasteiger partial charge in [-0.15, -0.1) is 0 Å². The minimum absolute atomic E-state index is 0.118. The summed E-state index contributed by atoms with van der Waals surface area (Å²) in [5, 5.41) is 3.32. The minimum atomic E-state index is -0.418. The Kier molecular flexibility index (Phi) is 5.59. The maximum absolute atomic E-state index is 13.7. The van der Waals surface area contributed by atoms with E-state index in [2.05, 4.69) is 12.2 Å². The first-order valence-electron chi connectivity index (χ1n) is 6.92. The van der Waals surface area contributed by atoms with Crippen molar-refractivity contribution in [2.24, 2.45) is 0 Å². The van der Waals surface area contributed by atoms with Crippen LogP contribution in [0, 0.1) is 5.82 Å². The molecule has 0 radical (unpaired) electrons. The van der Waals surface area contributed by atoms with E-state index in [1.807, 2.05) is 31.3 Å². The van der Waals surface area contributed by atoms with Crippen molar-refractivity contribution in [3.8, 4) is 5.75 Å². The van der Waals surface area contributed by atoms with Gasteiger partial charge in [-0.3, -0.25) is 0 Å². The van der Waals surface area contributed by atoms with Gasteiger partial charge < -0.3 is 10.1 Å². The predicted molar refractivity (Wildman–Crippen MR) is 84.4 cm³/mol. The van der Waals surface area contributed by atoms with Crippen molar-refractivity contribution in [1.29, 1.82) is 0 Å². The Balaban J connectivity index is 1.96. The third-order valence-electron chi connectivity index (χ3n) is 3.38. The normalized spacial score (nSPS) is 12.2. The lowest BCUT2D eigenvalue weighted by atomic mass is 10.1. The number of halogens is 2. The number of nitrogens with one attached hydrogen (secondary N) is 1. The molecule has 0 heterocycles. The summed E-state index contributed by atoms with van der Waals surface area (Å²) in [5.74, 6) is 0.300. The van der Waals surface area contributed by atoms with Crippen LogP contribution in [0.2, 0.25) is 5.02 Å². The summed E-state index contributed by atoms with van der Waals surface area (Å²) in [7, 11) is 1.95. The molecule has 0 saturated carbocycles. The maximum atomic E-state index is 13.7. The van der Waals surface area contributed by atoms with Crippen LogP contribution in [0.3, 0.4) is 0 Å². The largest absolute Gasteiger partial charge is 0.489 e. The molecule has 0 fully saturated rings. The Morgan fingerprint density at radius 2 is 1.90 bits per heavy atom. The Hall–Kier alpha value is -1.58. The zero-order valence-corrected chi connectivity index (χ0v) is 13.0. The zero-order chi connectivity index (χ0) is 15.2. The smallest absolute Gasteiger partial charge is 0.148 e. The molecule has 0 aliphatic heterocycles. The molecule has 0 aromatic heterocycles. The first-order valence-corrected chi connectivity index (χ1v) is 7.30. The fourth-order valence-corrected chi connectivity index (χ4v) is 2.19. The van der Waals surface area contributed by atoms with Crippen LogP contribution in [0.5, 0.6) is 5.75 Å². The molecule has 21 heavy (non-hydrogen) atoms. The van der Waals surface area contributed by atoms with Crippen molar-refractivity contribution >= 4 is 11.6 Å². The van der Waals surface area contributed by atoms with E-state index in [-0.39, 0.29) is 11.6 Å². The van der Waals surface area contributed by atoms with Crippen LogP contribution in [0.25, 0.3) is 0 Å². The van der Waals surface area contributed by atoms with Crippen LogP contribution >= 0.6 is 11.6 Å². The van der Waals surface area contributed by atoms with E-state index in [0.717, 1.165) is 12.2 Å². The molecular formula is C17H19ClFNO. The molecular weight excluding hydrogens is 289 g/mol. The lowest BCUT2D eigenvalue weighted by Crippen LogP contribution is -2.23. The number of benzene rings is 2. The molecule has 4 heteroatoms. The van der Waals surface area contributed by atoms with Crippen molar-refractivity contribution in [1.82, 2.24) is 5.32 Å². The van der Waals surface area contributed by atoms with Gasteiger partial charge in [0.1, 0.15) is 18.2 Å². The molecule has 2 aromatic rings. The van der Waals surface area contributed by atoms with E-state index >= 15 is 0 Å². The molecule has 2 aromatic carbocycles. The quantitative estimate of drug-likeness (QED) is 0.863. The number of likely N-dealkylation sites (N-methyl/N-ethyl adjacent to an activating group) is 1. The van der Waals surface area contributed by atoms with Crippen LogP contribution < -0.4 is 10.1 Å².